The number of hydrogen-bond donors (Lipinski definition) is 0. The smallest absolute Gasteiger partial charge is 0.269 e. The quantitative estimate of drug-likeness (QED) is 0.386. The van der Waals surface area contributed by atoms with E-state index in [-0.39, 0.29) is 5.69 Å². The van der Waals surface area contributed by atoms with E-state index in [1.54, 1.807) is 23.9 Å². The third-order valence-electron chi connectivity index (χ3n) is 3.27. The first-order valence-corrected chi connectivity index (χ1v) is 7.95. The van der Waals surface area contributed by atoms with Crippen LogP contribution in [0.4, 0.5) is 5.69 Å². The molecule has 8 nitrogen and oxygen atoms in total. The number of hydrogen-bond acceptors (Lipinski definition) is 7. The Bertz CT molecular complexity index is 850. The van der Waals surface area contributed by atoms with Gasteiger partial charge in [-0.15, -0.1) is 5.10 Å². The molecule has 1 heterocycles. The number of thioether (sulfide) groups is 1. The van der Waals surface area contributed by atoms with Crippen molar-refractivity contribution in [3.8, 4) is 11.4 Å². The van der Waals surface area contributed by atoms with Crippen LogP contribution in [0.2, 0.25) is 0 Å². The summed E-state index contributed by atoms with van der Waals surface area (Å²) in [7, 11) is 1.59. The molecule has 0 saturated heterocycles. The highest BCUT2D eigenvalue weighted by Gasteiger charge is 2.13. The molecule has 0 N–H and O–H groups in total. The lowest BCUT2D eigenvalue weighted by molar-refractivity contribution is -0.384. The average Bonchev–Trinajstić information content (AvgIpc) is 3.08. The Morgan fingerprint density at radius 1 is 1.21 bits per heavy atom. The second-order valence-corrected chi connectivity index (χ2v) is 5.70. The molecule has 24 heavy (non-hydrogen) atoms. The molecule has 3 rings (SSSR count). The Hall–Kier alpha value is -2.94. The molecule has 0 aliphatic heterocycles. The van der Waals surface area contributed by atoms with E-state index < -0.39 is 4.92 Å². The van der Waals surface area contributed by atoms with Crippen molar-refractivity contribution in [1.29, 1.82) is 0 Å². The van der Waals surface area contributed by atoms with Gasteiger partial charge in [-0.3, -0.25) is 10.1 Å². The molecule has 0 aliphatic carbocycles. The third-order valence-corrected chi connectivity index (χ3v) is 4.26. The van der Waals surface area contributed by atoms with Gasteiger partial charge in [-0.2, -0.15) is 4.68 Å². The summed E-state index contributed by atoms with van der Waals surface area (Å²) in [5.41, 5.74) is 1.76. The van der Waals surface area contributed by atoms with Gasteiger partial charge in [0, 0.05) is 17.9 Å². The van der Waals surface area contributed by atoms with Crippen LogP contribution in [-0.2, 0) is 5.75 Å². The molecule has 9 heteroatoms. The SMILES string of the molecule is COc1ccccc1-n1nnnc1SCc1ccc([N+](=O)[O-])cc1. The first-order valence-electron chi connectivity index (χ1n) is 6.97. The van der Waals surface area contributed by atoms with E-state index in [1.165, 1.54) is 23.9 Å². The van der Waals surface area contributed by atoms with Crippen LogP contribution in [0.3, 0.4) is 0 Å². The lowest BCUT2D eigenvalue weighted by Gasteiger charge is -2.08. The molecule has 0 amide bonds. The Morgan fingerprint density at radius 2 is 1.96 bits per heavy atom. The zero-order chi connectivity index (χ0) is 16.9. The second kappa shape index (κ2) is 7.09. The number of nitrogens with zero attached hydrogens (tertiary/aromatic N) is 5. The van der Waals surface area contributed by atoms with E-state index in [0.717, 1.165) is 11.3 Å². The summed E-state index contributed by atoms with van der Waals surface area (Å²) in [6.07, 6.45) is 0. The van der Waals surface area contributed by atoms with Gasteiger partial charge < -0.3 is 4.74 Å². The minimum absolute atomic E-state index is 0.0719. The first kappa shape index (κ1) is 15.9. The summed E-state index contributed by atoms with van der Waals surface area (Å²) in [6, 6.07) is 13.9. The van der Waals surface area contributed by atoms with Crippen LogP contribution in [0, 0.1) is 10.1 Å². The van der Waals surface area contributed by atoms with E-state index >= 15 is 0 Å². The number of nitro benzene ring substituents is 1. The number of tetrazole rings is 1. The average molecular weight is 343 g/mol. The number of nitro groups is 1. The van der Waals surface area contributed by atoms with Gasteiger partial charge in [0.25, 0.3) is 5.69 Å². The summed E-state index contributed by atoms with van der Waals surface area (Å²) in [5, 5.41) is 23.0. The molecule has 0 radical (unpaired) electrons. The molecule has 0 bridgehead atoms. The molecule has 0 saturated carbocycles. The fraction of sp³-hybridized carbons (Fsp3) is 0.133. The molecule has 1 aromatic heterocycles. The van der Waals surface area contributed by atoms with Gasteiger partial charge >= 0.3 is 0 Å². The fourth-order valence-corrected chi connectivity index (χ4v) is 2.93. The molecule has 3 aromatic rings. The van der Waals surface area contributed by atoms with Crippen LogP contribution >= 0.6 is 11.8 Å². The van der Waals surface area contributed by atoms with Crippen LogP contribution in [-0.4, -0.2) is 32.2 Å². The van der Waals surface area contributed by atoms with E-state index in [4.69, 9.17) is 4.74 Å². The summed E-state index contributed by atoms with van der Waals surface area (Å²) in [5.74, 6) is 1.26. The number of methoxy groups -OCH3 is 1. The summed E-state index contributed by atoms with van der Waals surface area (Å²) >= 11 is 1.44. The van der Waals surface area contributed by atoms with Gasteiger partial charge in [0.1, 0.15) is 11.4 Å². The first-order chi connectivity index (χ1) is 11.7. The van der Waals surface area contributed by atoms with Crippen molar-refractivity contribution in [2.75, 3.05) is 7.11 Å². The highest BCUT2D eigenvalue weighted by Crippen LogP contribution is 2.27. The summed E-state index contributed by atoms with van der Waals surface area (Å²) < 4.78 is 6.94. The Morgan fingerprint density at radius 3 is 2.67 bits per heavy atom. The Balaban J connectivity index is 1.77. The van der Waals surface area contributed by atoms with Crippen LogP contribution < -0.4 is 4.74 Å². The number of aromatic nitrogens is 4. The highest BCUT2D eigenvalue weighted by molar-refractivity contribution is 7.98. The van der Waals surface area contributed by atoms with Gasteiger partial charge in [-0.05, 0) is 28.1 Å². The molecule has 0 spiro atoms. The van der Waals surface area contributed by atoms with Crippen molar-refractivity contribution < 1.29 is 9.66 Å². The molecular weight excluding hydrogens is 330 g/mol. The predicted octanol–water partition coefficient (Wildman–Crippen LogP) is 2.87. The molecule has 122 valence electrons. The van der Waals surface area contributed by atoms with E-state index in [0.29, 0.717) is 16.7 Å². The molecule has 2 aromatic carbocycles. The standard InChI is InChI=1S/C15H13N5O3S/c1-23-14-5-3-2-4-13(14)19-15(16-17-18-19)24-10-11-6-8-12(9-7-11)20(21)22/h2-9H,10H2,1H3. The number of rotatable bonds is 6. The number of non-ortho nitro benzene ring substituents is 1. The van der Waals surface area contributed by atoms with Crippen molar-refractivity contribution in [2.45, 2.75) is 10.9 Å². The summed E-state index contributed by atoms with van der Waals surface area (Å²) in [6.45, 7) is 0. The number of benzene rings is 2. The maximum atomic E-state index is 10.7. The van der Waals surface area contributed by atoms with Gasteiger partial charge in [0.2, 0.25) is 5.16 Å². The molecule has 0 atom stereocenters. The van der Waals surface area contributed by atoms with Crippen LogP contribution in [0.15, 0.2) is 53.7 Å². The zero-order valence-corrected chi connectivity index (χ0v) is 13.5. The van der Waals surface area contributed by atoms with Crippen molar-refractivity contribution in [2.24, 2.45) is 0 Å². The van der Waals surface area contributed by atoms with Gasteiger partial charge in [-0.1, -0.05) is 36.0 Å². The topological polar surface area (TPSA) is 96.0 Å². The lowest BCUT2D eigenvalue weighted by atomic mass is 10.2. The normalized spacial score (nSPS) is 10.5. The maximum Gasteiger partial charge on any atom is 0.269 e. The summed E-state index contributed by atoms with van der Waals surface area (Å²) in [4.78, 5) is 10.3. The van der Waals surface area contributed by atoms with Crippen LogP contribution in [0.25, 0.3) is 5.69 Å². The molecular formula is C15H13N5O3S. The van der Waals surface area contributed by atoms with Crippen LogP contribution in [0.1, 0.15) is 5.56 Å². The monoisotopic (exact) mass is 343 g/mol. The van der Waals surface area contributed by atoms with Crippen molar-refractivity contribution in [3.05, 3.63) is 64.2 Å². The fourth-order valence-electron chi connectivity index (χ4n) is 2.09. The largest absolute Gasteiger partial charge is 0.494 e. The maximum absolute atomic E-state index is 10.7. The van der Waals surface area contributed by atoms with E-state index in [9.17, 15) is 10.1 Å². The zero-order valence-electron chi connectivity index (χ0n) is 12.7. The van der Waals surface area contributed by atoms with Crippen LogP contribution in [0.5, 0.6) is 5.75 Å². The number of para-hydroxylation sites is 2. The van der Waals surface area contributed by atoms with Gasteiger partial charge in [0.15, 0.2) is 0 Å². The van der Waals surface area contributed by atoms with Gasteiger partial charge in [0.05, 0.1) is 12.0 Å². The Kier molecular flexibility index (Phi) is 4.71. The Labute approximate surface area is 141 Å². The van der Waals surface area contributed by atoms with Gasteiger partial charge in [-0.25, -0.2) is 0 Å². The lowest BCUT2D eigenvalue weighted by Crippen LogP contribution is -2.01. The molecule has 0 fully saturated rings. The van der Waals surface area contributed by atoms with Crippen molar-refractivity contribution in [1.82, 2.24) is 20.2 Å². The molecule has 0 unspecified atom stereocenters. The van der Waals surface area contributed by atoms with E-state index in [2.05, 4.69) is 15.5 Å². The highest BCUT2D eigenvalue weighted by atomic mass is 32.2. The van der Waals surface area contributed by atoms with E-state index in [1.807, 2.05) is 24.3 Å². The predicted molar refractivity (Wildman–Crippen MR) is 88.4 cm³/mol. The second-order valence-electron chi connectivity index (χ2n) is 4.76. The number of ether oxygens (including phenoxy) is 1. The third kappa shape index (κ3) is 3.35. The molecule has 0 aliphatic rings. The minimum Gasteiger partial charge on any atom is -0.494 e. The minimum atomic E-state index is -0.418. The van der Waals surface area contributed by atoms with Crippen molar-refractivity contribution in [3.63, 3.8) is 0 Å². The van der Waals surface area contributed by atoms with Crippen molar-refractivity contribution >= 4 is 17.4 Å².